The maximum absolute atomic E-state index is 12.9. The highest BCUT2D eigenvalue weighted by Crippen LogP contribution is 2.19. The van der Waals surface area contributed by atoms with Gasteiger partial charge in [0.15, 0.2) is 0 Å². The molecule has 2 aliphatic rings. The quantitative estimate of drug-likeness (QED) is 0.725. The second-order valence-electron chi connectivity index (χ2n) is 6.74. The van der Waals surface area contributed by atoms with Crippen LogP contribution < -0.4 is 0 Å². The monoisotopic (exact) mass is 388 g/mol. The highest BCUT2D eigenvalue weighted by atomic mass is 35.5. The van der Waals surface area contributed by atoms with Gasteiger partial charge in [0.1, 0.15) is 5.15 Å². The van der Waals surface area contributed by atoms with Crippen molar-refractivity contribution in [3.63, 3.8) is 0 Å². The smallest absolute Gasteiger partial charge is 0.282 e. The van der Waals surface area contributed by atoms with Crippen LogP contribution in [0.15, 0.2) is 18.3 Å². The van der Waals surface area contributed by atoms with Crippen LogP contribution in [0.2, 0.25) is 5.15 Å². The molecule has 0 N–H and O–H groups in total. The summed E-state index contributed by atoms with van der Waals surface area (Å²) >= 11 is 5.92. The maximum atomic E-state index is 12.9. The molecule has 2 atom stereocenters. The molecule has 2 saturated heterocycles. The van der Waals surface area contributed by atoms with Crippen LogP contribution in [0.1, 0.15) is 19.4 Å². The average Bonchev–Trinajstić information content (AvgIpc) is 2.54. The third-order valence-electron chi connectivity index (χ3n) is 4.57. The third-order valence-corrected chi connectivity index (χ3v) is 6.74. The minimum Gasteiger partial charge on any atom is -0.373 e. The fourth-order valence-electron chi connectivity index (χ4n) is 3.40. The number of aromatic nitrogens is 1. The second kappa shape index (κ2) is 7.85. The van der Waals surface area contributed by atoms with E-state index in [1.54, 1.807) is 14.8 Å². The maximum Gasteiger partial charge on any atom is 0.282 e. The van der Waals surface area contributed by atoms with Crippen LogP contribution in [0.3, 0.4) is 0 Å². The summed E-state index contributed by atoms with van der Waals surface area (Å²) in [6.07, 6.45) is 1.55. The van der Waals surface area contributed by atoms with Crippen molar-refractivity contribution in [2.45, 2.75) is 32.6 Å². The molecule has 0 aliphatic carbocycles. The summed E-state index contributed by atoms with van der Waals surface area (Å²) in [6, 6.07) is 3.78. The number of pyridine rings is 1. The zero-order valence-electron chi connectivity index (χ0n) is 14.6. The summed E-state index contributed by atoms with van der Waals surface area (Å²) in [5.41, 5.74) is 1.09. The van der Waals surface area contributed by atoms with Gasteiger partial charge in [-0.25, -0.2) is 4.98 Å². The lowest BCUT2D eigenvalue weighted by Crippen LogP contribution is -2.57. The van der Waals surface area contributed by atoms with Gasteiger partial charge in [0.25, 0.3) is 10.2 Å². The van der Waals surface area contributed by atoms with Crippen LogP contribution in [0.5, 0.6) is 0 Å². The second-order valence-corrected chi connectivity index (χ2v) is 9.06. The van der Waals surface area contributed by atoms with Crippen LogP contribution in [0.25, 0.3) is 0 Å². The van der Waals surface area contributed by atoms with Gasteiger partial charge >= 0.3 is 0 Å². The lowest BCUT2D eigenvalue weighted by Gasteiger charge is -2.40. The minimum absolute atomic E-state index is 0.0729. The molecule has 1 aromatic rings. The van der Waals surface area contributed by atoms with Gasteiger partial charge in [0.2, 0.25) is 0 Å². The van der Waals surface area contributed by atoms with E-state index < -0.39 is 10.2 Å². The van der Waals surface area contributed by atoms with Gasteiger partial charge in [-0.15, -0.1) is 0 Å². The highest BCUT2D eigenvalue weighted by molar-refractivity contribution is 7.86. The zero-order chi connectivity index (χ0) is 18.0. The first-order chi connectivity index (χ1) is 11.8. The SMILES string of the molecule is CC1CN(S(=O)(=O)N2CCN(Cc3ccnc(Cl)c3)CC2)CC(C)O1. The molecular weight excluding hydrogens is 364 g/mol. The van der Waals surface area contributed by atoms with Crippen molar-refractivity contribution >= 4 is 21.8 Å². The van der Waals surface area contributed by atoms with Gasteiger partial charge in [0, 0.05) is 52.0 Å². The summed E-state index contributed by atoms with van der Waals surface area (Å²) in [7, 11) is -3.43. The van der Waals surface area contributed by atoms with Crippen molar-refractivity contribution in [3.05, 3.63) is 29.0 Å². The third kappa shape index (κ3) is 4.69. The molecule has 140 valence electrons. The van der Waals surface area contributed by atoms with Crippen LogP contribution >= 0.6 is 11.6 Å². The van der Waals surface area contributed by atoms with E-state index in [9.17, 15) is 8.42 Å². The summed E-state index contributed by atoms with van der Waals surface area (Å²) < 4.78 is 34.6. The predicted octanol–water partition coefficient (Wildman–Crippen LogP) is 1.21. The molecule has 2 unspecified atom stereocenters. The molecular formula is C16H25ClN4O3S. The van der Waals surface area contributed by atoms with Crippen molar-refractivity contribution in [2.24, 2.45) is 0 Å². The van der Waals surface area contributed by atoms with E-state index in [0.29, 0.717) is 44.4 Å². The Balaban J connectivity index is 1.57. The number of morpholine rings is 1. The predicted molar refractivity (Wildman–Crippen MR) is 96.6 cm³/mol. The molecule has 0 aromatic carbocycles. The number of rotatable bonds is 4. The Kier molecular flexibility index (Phi) is 5.97. The highest BCUT2D eigenvalue weighted by Gasteiger charge is 2.36. The van der Waals surface area contributed by atoms with E-state index in [0.717, 1.165) is 12.1 Å². The Hall–Kier alpha value is -0.770. The van der Waals surface area contributed by atoms with Gasteiger partial charge in [-0.05, 0) is 31.5 Å². The molecule has 0 bridgehead atoms. The normalized spacial score (nSPS) is 27.5. The van der Waals surface area contributed by atoms with E-state index in [1.807, 2.05) is 26.0 Å². The zero-order valence-corrected chi connectivity index (χ0v) is 16.2. The van der Waals surface area contributed by atoms with Gasteiger partial charge in [0.05, 0.1) is 12.2 Å². The molecule has 3 rings (SSSR count). The van der Waals surface area contributed by atoms with Gasteiger partial charge in [-0.2, -0.15) is 17.0 Å². The van der Waals surface area contributed by atoms with Crippen LogP contribution in [-0.4, -0.2) is 78.4 Å². The van der Waals surface area contributed by atoms with Gasteiger partial charge in [-0.1, -0.05) is 11.6 Å². The fourth-order valence-corrected chi connectivity index (χ4v) is 5.34. The number of nitrogens with zero attached hydrogens (tertiary/aromatic N) is 4. The summed E-state index contributed by atoms with van der Waals surface area (Å²) in [6.45, 7) is 7.82. The Morgan fingerprint density at radius 2 is 1.80 bits per heavy atom. The van der Waals surface area contributed by atoms with E-state index in [-0.39, 0.29) is 12.2 Å². The number of halogens is 1. The van der Waals surface area contributed by atoms with Crippen molar-refractivity contribution < 1.29 is 13.2 Å². The van der Waals surface area contributed by atoms with E-state index in [1.165, 1.54) is 0 Å². The van der Waals surface area contributed by atoms with Crippen molar-refractivity contribution in [2.75, 3.05) is 39.3 Å². The largest absolute Gasteiger partial charge is 0.373 e. The van der Waals surface area contributed by atoms with Crippen LogP contribution in [-0.2, 0) is 21.5 Å². The molecule has 1 aromatic heterocycles. The van der Waals surface area contributed by atoms with E-state index >= 15 is 0 Å². The van der Waals surface area contributed by atoms with E-state index in [4.69, 9.17) is 16.3 Å². The summed E-state index contributed by atoms with van der Waals surface area (Å²) in [4.78, 5) is 6.22. The van der Waals surface area contributed by atoms with Crippen molar-refractivity contribution in [1.29, 1.82) is 0 Å². The molecule has 2 aliphatic heterocycles. The molecule has 25 heavy (non-hydrogen) atoms. The van der Waals surface area contributed by atoms with Gasteiger partial charge < -0.3 is 4.74 Å². The Labute approximate surface area is 154 Å². The van der Waals surface area contributed by atoms with Crippen molar-refractivity contribution in [3.8, 4) is 0 Å². The van der Waals surface area contributed by atoms with Crippen molar-refractivity contribution in [1.82, 2.24) is 18.5 Å². The first kappa shape index (κ1) is 19.0. The molecule has 0 spiro atoms. The number of hydrogen-bond acceptors (Lipinski definition) is 5. The fraction of sp³-hybridized carbons (Fsp3) is 0.688. The lowest BCUT2D eigenvalue weighted by atomic mass is 10.2. The first-order valence-corrected chi connectivity index (χ1v) is 10.4. The standard InChI is InChI=1S/C16H25ClN4O3S/c1-13-10-21(11-14(2)24-13)25(22,23)20-7-5-19(6-8-20)12-15-3-4-18-16(17)9-15/h3-4,9,13-14H,5-8,10-12H2,1-2H3. The molecule has 0 saturated carbocycles. The molecule has 3 heterocycles. The summed E-state index contributed by atoms with van der Waals surface area (Å²) in [5.74, 6) is 0. The Morgan fingerprint density at radius 1 is 1.16 bits per heavy atom. The Bertz CT molecular complexity index is 684. The van der Waals surface area contributed by atoms with Crippen LogP contribution in [0, 0.1) is 0 Å². The molecule has 0 radical (unpaired) electrons. The molecule has 2 fully saturated rings. The number of hydrogen-bond donors (Lipinski definition) is 0. The Morgan fingerprint density at radius 3 is 2.40 bits per heavy atom. The average molecular weight is 389 g/mol. The number of ether oxygens (including phenoxy) is 1. The molecule has 0 amide bonds. The van der Waals surface area contributed by atoms with Gasteiger partial charge in [-0.3, -0.25) is 4.90 Å². The first-order valence-electron chi connectivity index (χ1n) is 8.58. The minimum atomic E-state index is -3.43. The number of piperazine rings is 1. The summed E-state index contributed by atoms with van der Waals surface area (Å²) in [5, 5.41) is 0.481. The van der Waals surface area contributed by atoms with E-state index in [2.05, 4.69) is 9.88 Å². The molecule has 7 nitrogen and oxygen atoms in total. The van der Waals surface area contributed by atoms with Crippen LogP contribution in [0.4, 0.5) is 0 Å². The lowest BCUT2D eigenvalue weighted by molar-refractivity contribution is -0.0457. The molecule has 9 heteroatoms. The topological polar surface area (TPSA) is 66.0 Å².